The maximum Gasteiger partial charge on any atom is 0.123 e. The number of benzene rings is 2. The van der Waals surface area contributed by atoms with Gasteiger partial charge in [-0.25, -0.2) is 4.39 Å². The molecule has 0 saturated heterocycles. The molecule has 3 heteroatoms. The van der Waals surface area contributed by atoms with Crippen molar-refractivity contribution in [1.82, 2.24) is 4.57 Å². The molecule has 0 aliphatic rings. The number of nitrogens with zero attached hydrogens (tertiary/aromatic N) is 2. The van der Waals surface area contributed by atoms with Gasteiger partial charge in [0.15, 0.2) is 0 Å². The third kappa shape index (κ3) is 3.22. The standard InChI is InChI=1S/C20H15FN2/c1-15-4-6-16(7-5-15)17(14-22)13-20-3-2-12-23(20)19-10-8-18(21)9-11-19/h2-13H,1H3/b17-13-. The third-order valence-electron chi connectivity index (χ3n) is 3.66. The van der Waals surface area contributed by atoms with Crippen LogP contribution in [-0.2, 0) is 0 Å². The van der Waals surface area contributed by atoms with Gasteiger partial charge in [0, 0.05) is 17.6 Å². The first-order valence-electron chi connectivity index (χ1n) is 7.29. The smallest absolute Gasteiger partial charge is 0.123 e. The average Bonchev–Trinajstić information content (AvgIpc) is 3.02. The first-order chi connectivity index (χ1) is 11.2. The van der Waals surface area contributed by atoms with Crippen molar-refractivity contribution < 1.29 is 4.39 Å². The van der Waals surface area contributed by atoms with Gasteiger partial charge in [-0.05, 0) is 55.0 Å². The predicted octanol–water partition coefficient (Wildman–Crippen LogP) is 4.99. The molecule has 0 unspecified atom stereocenters. The molecule has 0 N–H and O–H groups in total. The van der Waals surface area contributed by atoms with E-state index in [0.717, 1.165) is 22.5 Å². The van der Waals surface area contributed by atoms with Gasteiger partial charge in [-0.2, -0.15) is 5.26 Å². The molecule has 3 aromatic rings. The Bertz CT molecular complexity index is 879. The first-order valence-corrected chi connectivity index (χ1v) is 7.29. The zero-order valence-corrected chi connectivity index (χ0v) is 12.7. The lowest BCUT2D eigenvalue weighted by Gasteiger charge is -2.07. The van der Waals surface area contributed by atoms with Crippen LogP contribution in [0, 0.1) is 24.1 Å². The van der Waals surface area contributed by atoms with Crippen LogP contribution in [0.4, 0.5) is 4.39 Å². The summed E-state index contributed by atoms with van der Waals surface area (Å²) in [5.74, 6) is -0.268. The van der Waals surface area contributed by atoms with Crippen molar-refractivity contribution >= 4 is 11.6 Å². The fourth-order valence-corrected chi connectivity index (χ4v) is 2.41. The van der Waals surface area contributed by atoms with E-state index in [2.05, 4.69) is 6.07 Å². The van der Waals surface area contributed by atoms with Gasteiger partial charge in [-0.1, -0.05) is 29.8 Å². The summed E-state index contributed by atoms with van der Waals surface area (Å²) in [6.45, 7) is 2.01. The van der Waals surface area contributed by atoms with Crippen molar-refractivity contribution in [3.63, 3.8) is 0 Å². The number of aryl methyl sites for hydroxylation is 1. The van der Waals surface area contributed by atoms with E-state index in [1.54, 1.807) is 12.1 Å². The van der Waals surface area contributed by atoms with E-state index in [9.17, 15) is 9.65 Å². The average molecular weight is 302 g/mol. The molecule has 0 bridgehead atoms. The first kappa shape index (κ1) is 14.8. The Balaban J connectivity index is 2.02. The molecule has 0 atom stereocenters. The van der Waals surface area contributed by atoms with Crippen LogP contribution >= 0.6 is 0 Å². The fourth-order valence-electron chi connectivity index (χ4n) is 2.41. The summed E-state index contributed by atoms with van der Waals surface area (Å²) in [6.07, 6.45) is 3.73. The van der Waals surface area contributed by atoms with E-state index in [-0.39, 0.29) is 5.82 Å². The van der Waals surface area contributed by atoms with Gasteiger partial charge in [0.25, 0.3) is 0 Å². The second-order valence-corrected chi connectivity index (χ2v) is 5.32. The minimum Gasteiger partial charge on any atom is -0.317 e. The molecule has 2 aromatic carbocycles. The summed E-state index contributed by atoms with van der Waals surface area (Å²) in [5, 5.41) is 9.47. The summed E-state index contributed by atoms with van der Waals surface area (Å²) in [6, 6.07) is 20.2. The Kier molecular flexibility index (Phi) is 4.07. The van der Waals surface area contributed by atoms with E-state index in [4.69, 9.17) is 0 Å². The number of aromatic nitrogens is 1. The van der Waals surface area contributed by atoms with Gasteiger partial charge < -0.3 is 4.57 Å². The van der Waals surface area contributed by atoms with Gasteiger partial charge in [-0.3, -0.25) is 0 Å². The van der Waals surface area contributed by atoms with Crippen molar-refractivity contribution in [3.05, 3.63) is 89.5 Å². The van der Waals surface area contributed by atoms with E-state index in [0.29, 0.717) is 5.57 Å². The van der Waals surface area contributed by atoms with Gasteiger partial charge in [0.05, 0.1) is 11.6 Å². The summed E-state index contributed by atoms with van der Waals surface area (Å²) in [7, 11) is 0. The van der Waals surface area contributed by atoms with E-state index >= 15 is 0 Å². The van der Waals surface area contributed by atoms with Crippen LogP contribution in [0.15, 0.2) is 66.9 Å². The van der Waals surface area contributed by atoms with Crippen LogP contribution in [0.5, 0.6) is 0 Å². The molecule has 0 radical (unpaired) electrons. The zero-order chi connectivity index (χ0) is 16.2. The monoisotopic (exact) mass is 302 g/mol. The van der Waals surface area contributed by atoms with Crippen molar-refractivity contribution in [1.29, 1.82) is 5.26 Å². The molecule has 1 aromatic heterocycles. The highest BCUT2D eigenvalue weighted by atomic mass is 19.1. The van der Waals surface area contributed by atoms with Crippen molar-refractivity contribution in [3.8, 4) is 11.8 Å². The van der Waals surface area contributed by atoms with Crippen molar-refractivity contribution in [2.75, 3.05) is 0 Å². The normalized spacial score (nSPS) is 11.3. The molecular formula is C20H15FN2. The number of hydrogen-bond donors (Lipinski definition) is 0. The van der Waals surface area contributed by atoms with Crippen molar-refractivity contribution in [2.24, 2.45) is 0 Å². The van der Waals surface area contributed by atoms with E-state index in [1.807, 2.05) is 60.2 Å². The summed E-state index contributed by atoms with van der Waals surface area (Å²) in [5.41, 5.74) is 4.34. The molecule has 112 valence electrons. The molecule has 2 nitrogen and oxygen atoms in total. The lowest BCUT2D eigenvalue weighted by molar-refractivity contribution is 0.627. The van der Waals surface area contributed by atoms with Gasteiger partial charge in [0.2, 0.25) is 0 Å². The zero-order valence-electron chi connectivity index (χ0n) is 12.7. The number of allylic oxidation sites excluding steroid dienone is 1. The second kappa shape index (κ2) is 6.33. The number of hydrogen-bond acceptors (Lipinski definition) is 1. The Morgan fingerprint density at radius 3 is 2.39 bits per heavy atom. The molecule has 0 saturated carbocycles. The van der Waals surface area contributed by atoms with E-state index in [1.165, 1.54) is 12.1 Å². The van der Waals surface area contributed by atoms with Crippen LogP contribution in [-0.4, -0.2) is 4.57 Å². The quantitative estimate of drug-likeness (QED) is 0.627. The molecule has 0 aliphatic heterocycles. The molecule has 3 rings (SSSR count). The van der Waals surface area contributed by atoms with Gasteiger partial charge in [0.1, 0.15) is 5.82 Å². The van der Waals surface area contributed by atoms with Gasteiger partial charge >= 0.3 is 0 Å². The molecular weight excluding hydrogens is 287 g/mol. The number of halogens is 1. The van der Waals surface area contributed by atoms with Crippen molar-refractivity contribution in [2.45, 2.75) is 6.92 Å². The highest BCUT2D eigenvalue weighted by Gasteiger charge is 2.05. The Morgan fingerprint density at radius 1 is 1.04 bits per heavy atom. The second-order valence-electron chi connectivity index (χ2n) is 5.32. The number of rotatable bonds is 3. The fraction of sp³-hybridized carbons (Fsp3) is 0.0500. The lowest BCUT2D eigenvalue weighted by Crippen LogP contribution is -1.95. The molecule has 0 aliphatic carbocycles. The Hall–Kier alpha value is -3.12. The summed E-state index contributed by atoms with van der Waals surface area (Å²) >= 11 is 0. The maximum atomic E-state index is 13.1. The SMILES string of the molecule is Cc1ccc(/C(C#N)=C\c2cccn2-c2ccc(F)cc2)cc1. The summed E-state index contributed by atoms with van der Waals surface area (Å²) < 4.78 is 15.0. The minimum absolute atomic E-state index is 0.268. The van der Waals surface area contributed by atoms with Crippen LogP contribution in [0.2, 0.25) is 0 Å². The topological polar surface area (TPSA) is 28.7 Å². The molecule has 0 spiro atoms. The minimum atomic E-state index is -0.268. The van der Waals surface area contributed by atoms with Crippen LogP contribution < -0.4 is 0 Å². The molecule has 1 heterocycles. The third-order valence-corrected chi connectivity index (χ3v) is 3.66. The van der Waals surface area contributed by atoms with Crippen LogP contribution in [0.1, 0.15) is 16.8 Å². The Morgan fingerprint density at radius 2 is 1.74 bits per heavy atom. The highest BCUT2D eigenvalue weighted by Crippen LogP contribution is 2.21. The molecule has 0 fully saturated rings. The lowest BCUT2D eigenvalue weighted by atomic mass is 10.0. The predicted molar refractivity (Wildman–Crippen MR) is 90.4 cm³/mol. The number of nitriles is 1. The maximum absolute atomic E-state index is 13.1. The molecule has 0 amide bonds. The van der Waals surface area contributed by atoms with Crippen LogP contribution in [0.3, 0.4) is 0 Å². The highest BCUT2D eigenvalue weighted by molar-refractivity contribution is 5.89. The Labute approximate surface area is 134 Å². The van der Waals surface area contributed by atoms with Crippen LogP contribution in [0.25, 0.3) is 17.3 Å². The van der Waals surface area contributed by atoms with Gasteiger partial charge in [-0.15, -0.1) is 0 Å². The van der Waals surface area contributed by atoms with E-state index < -0.39 is 0 Å². The largest absolute Gasteiger partial charge is 0.317 e. The molecule has 23 heavy (non-hydrogen) atoms. The summed E-state index contributed by atoms with van der Waals surface area (Å²) in [4.78, 5) is 0.